The Morgan fingerprint density at radius 1 is 1.33 bits per heavy atom. The van der Waals surface area contributed by atoms with E-state index in [9.17, 15) is 4.79 Å². The van der Waals surface area contributed by atoms with Gasteiger partial charge >= 0.3 is 5.69 Å². The Morgan fingerprint density at radius 3 is 2.78 bits per heavy atom. The third kappa shape index (κ3) is 4.73. The summed E-state index contributed by atoms with van der Waals surface area (Å²) in [6.45, 7) is 6.24. The van der Waals surface area contributed by atoms with E-state index in [2.05, 4.69) is 27.5 Å². The molecule has 6 N–H and O–H groups in total. The molecule has 0 amide bonds. The third-order valence-corrected chi connectivity index (χ3v) is 4.32. The summed E-state index contributed by atoms with van der Waals surface area (Å²) in [5.41, 5.74) is 8.49. The second-order valence-corrected chi connectivity index (χ2v) is 6.85. The minimum atomic E-state index is -0.304. The minimum Gasteiger partial charge on any atom is -0.370 e. The highest BCUT2D eigenvalue weighted by Gasteiger charge is 2.07. The van der Waals surface area contributed by atoms with Crippen LogP contribution in [0.4, 0.5) is 0 Å². The molecule has 3 aromatic rings. The van der Waals surface area contributed by atoms with E-state index in [0.717, 1.165) is 35.4 Å². The minimum absolute atomic E-state index is 0.00448. The first-order chi connectivity index (χ1) is 12.9. The number of guanidine groups is 1. The van der Waals surface area contributed by atoms with Crippen molar-refractivity contribution in [3.63, 3.8) is 0 Å². The monoisotopic (exact) mass is 367 g/mol. The molecule has 0 fully saturated rings. The predicted molar refractivity (Wildman–Crippen MR) is 107 cm³/mol. The standard InChI is InChI=1S/C19H25N7O/c1-12(9-23-18(20)21)8-22-10-14-3-5-16(6-4-14)26-11-15-7-13(2)24-17(15)25-19(26)27/h3-7,11-12,22H,8-10H2,1-2H3,(H4,20,21,23)(H,24,25,27)/t12-/m1/s1. The normalized spacial score (nSPS) is 12.2. The van der Waals surface area contributed by atoms with Crippen molar-refractivity contribution >= 4 is 17.0 Å². The van der Waals surface area contributed by atoms with Crippen molar-refractivity contribution in [3.8, 4) is 5.69 Å². The molecule has 0 spiro atoms. The molecule has 2 aromatic heterocycles. The lowest BCUT2D eigenvalue weighted by Crippen LogP contribution is -2.36. The van der Waals surface area contributed by atoms with Crippen LogP contribution in [0.2, 0.25) is 0 Å². The van der Waals surface area contributed by atoms with E-state index < -0.39 is 0 Å². The number of aromatic nitrogens is 3. The number of hydrogen-bond acceptors (Lipinski definition) is 4. The first kappa shape index (κ1) is 18.7. The number of H-pyrrole nitrogens is 1. The molecule has 0 aliphatic rings. The summed E-state index contributed by atoms with van der Waals surface area (Å²) in [4.78, 5) is 19.5. The predicted octanol–water partition coefficient (Wildman–Crippen LogP) is 1.23. The van der Waals surface area contributed by atoms with Gasteiger partial charge in [-0.2, -0.15) is 4.98 Å². The zero-order chi connectivity index (χ0) is 19.4. The molecule has 2 heterocycles. The Kier molecular flexibility index (Phi) is 5.56. The molecule has 0 radical (unpaired) electrons. The molecule has 0 saturated carbocycles. The van der Waals surface area contributed by atoms with Gasteiger partial charge < -0.3 is 21.4 Å². The van der Waals surface area contributed by atoms with Crippen molar-refractivity contribution in [2.75, 3.05) is 13.1 Å². The second kappa shape index (κ2) is 8.05. The van der Waals surface area contributed by atoms with Gasteiger partial charge in [0.15, 0.2) is 5.96 Å². The van der Waals surface area contributed by atoms with Gasteiger partial charge in [0.2, 0.25) is 0 Å². The molecule has 0 aliphatic carbocycles. The van der Waals surface area contributed by atoms with Crippen molar-refractivity contribution < 1.29 is 0 Å². The van der Waals surface area contributed by atoms with Gasteiger partial charge in [-0.15, -0.1) is 0 Å². The first-order valence-corrected chi connectivity index (χ1v) is 8.89. The summed E-state index contributed by atoms with van der Waals surface area (Å²) >= 11 is 0. The summed E-state index contributed by atoms with van der Waals surface area (Å²) in [6, 6.07) is 9.82. The van der Waals surface area contributed by atoms with Gasteiger partial charge in [-0.25, -0.2) is 4.79 Å². The van der Waals surface area contributed by atoms with Gasteiger partial charge in [0, 0.05) is 30.4 Å². The zero-order valence-corrected chi connectivity index (χ0v) is 15.5. The summed E-state index contributed by atoms with van der Waals surface area (Å²) in [5, 5.41) is 14.3. The number of benzene rings is 1. The highest BCUT2D eigenvalue weighted by atomic mass is 16.1. The average Bonchev–Trinajstić information content (AvgIpc) is 2.99. The lowest BCUT2D eigenvalue weighted by molar-refractivity contribution is 0.504. The van der Waals surface area contributed by atoms with Crippen LogP contribution in [0.25, 0.3) is 16.7 Å². The number of hydrogen-bond donors (Lipinski definition) is 5. The fourth-order valence-electron chi connectivity index (χ4n) is 2.91. The number of aryl methyl sites for hydroxylation is 1. The third-order valence-electron chi connectivity index (χ3n) is 4.32. The maximum absolute atomic E-state index is 12.3. The zero-order valence-electron chi connectivity index (χ0n) is 15.5. The maximum atomic E-state index is 12.3. The molecule has 8 nitrogen and oxygen atoms in total. The molecular formula is C19H25N7O. The van der Waals surface area contributed by atoms with Crippen molar-refractivity contribution in [2.45, 2.75) is 20.4 Å². The Bertz CT molecular complexity index is 987. The van der Waals surface area contributed by atoms with E-state index in [4.69, 9.17) is 11.1 Å². The summed E-state index contributed by atoms with van der Waals surface area (Å²) in [7, 11) is 0. The molecule has 0 unspecified atom stereocenters. The Labute approximate surface area is 157 Å². The molecular weight excluding hydrogens is 342 g/mol. The molecule has 1 aromatic carbocycles. The van der Waals surface area contributed by atoms with Crippen molar-refractivity contribution in [2.24, 2.45) is 11.7 Å². The van der Waals surface area contributed by atoms with Crippen LogP contribution >= 0.6 is 0 Å². The number of fused-ring (bicyclic) bond motifs is 1. The second-order valence-electron chi connectivity index (χ2n) is 6.85. The average molecular weight is 367 g/mol. The van der Waals surface area contributed by atoms with Crippen LogP contribution in [0.3, 0.4) is 0 Å². The summed E-state index contributed by atoms with van der Waals surface area (Å²) in [5.74, 6) is 0.351. The fraction of sp³-hybridized carbons (Fsp3) is 0.316. The lowest BCUT2D eigenvalue weighted by Gasteiger charge is -2.13. The van der Waals surface area contributed by atoms with Crippen LogP contribution in [0.15, 0.2) is 41.3 Å². The van der Waals surface area contributed by atoms with E-state index in [-0.39, 0.29) is 11.6 Å². The molecule has 1 atom stereocenters. The van der Waals surface area contributed by atoms with Gasteiger partial charge in [-0.1, -0.05) is 19.1 Å². The summed E-state index contributed by atoms with van der Waals surface area (Å²) in [6.07, 6.45) is 1.81. The Balaban J connectivity index is 1.63. The van der Waals surface area contributed by atoms with E-state index in [1.54, 1.807) is 4.57 Å². The van der Waals surface area contributed by atoms with Gasteiger partial charge in [0.05, 0.1) is 5.69 Å². The van der Waals surface area contributed by atoms with Gasteiger partial charge in [0.1, 0.15) is 5.65 Å². The Morgan fingerprint density at radius 2 is 2.07 bits per heavy atom. The van der Waals surface area contributed by atoms with E-state index in [1.807, 2.05) is 43.5 Å². The number of nitrogens with zero attached hydrogens (tertiary/aromatic N) is 2. The van der Waals surface area contributed by atoms with E-state index >= 15 is 0 Å². The number of nitrogens with one attached hydrogen (secondary N) is 4. The van der Waals surface area contributed by atoms with E-state index in [0.29, 0.717) is 18.1 Å². The highest BCUT2D eigenvalue weighted by molar-refractivity contribution is 5.75. The summed E-state index contributed by atoms with van der Waals surface area (Å²) < 4.78 is 1.56. The number of rotatable bonds is 7. The number of aromatic amines is 1. The molecule has 0 bridgehead atoms. The van der Waals surface area contributed by atoms with Crippen LogP contribution in [0, 0.1) is 18.3 Å². The van der Waals surface area contributed by atoms with E-state index in [1.165, 1.54) is 0 Å². The van der Waals surface area contributed by atoms with Crippen molar-refractivity contribution in [1.29, 1.82) is 5.41 Å². The first-order valence-electron chi connectivity index (χ1n) is 8.89. The highest BCUT2D eigenvalue weighted by Crippen LogP contribution is 2.13. The van der Waals surface area contributed by atoms with Crippen molar-refractivity contribution in [3.05, 3.63) is 58.3 Å². The lowest BCUT2D eigenvalue weighted by atomic mass is 10.1. The smallest absolute Gasteiger partial charge is 0.354 e. The van der Waals surface area contributed by atoms with Crippen LogP contribution in [-0.4, -0.2) is 33.6 Å². The van der Waals surface area contributed by atoms with Crippen LogP contribution < -0.4 is 22.1 Å². The quantitative estimate of drug-likeness (QED) is 0.317. The molecule has 3 rings (SSSR count). The maximum Gasteiger partial charge on any atom is 0.354 e. The van der Waals surface area contributed by atoms with Gasteiger partial charge in [-0.3, -0.25) is 9.98 Å². The van der Waals surface area contributed by atoms with Crippen LogP contribution in [0.1, 0.15) is 18.2 Å². The van der Waals surface area contributed by atoms with Crippen LogP contribution in [0.5, 0.6) is 0 Å². The fourth-order valence-corrected chi connectivity index (χ4v) is 2.91. The number of nitrogens with two attached hydrogens (primary N) is 1. The molecule has 27 heavy (non-hydrogen) atoms. The van der Waals surface area contributed by atoms with Crippen LogP contribution in [-0.2, 0) is 6.54 Å². The SMILES string of the molecule is Cc1cc2cn(-c3ccc(CNC[C@@H](C)CNC(=N)N)cc3)c(=O)nc2[nH]1. The topological polar surface area (TPSA) is 125 Å². The molecule has 0 aliphatic heterocycles. The van der Waals surface area contributed by atoms with Gasteiger partial charge in [-0.05, 0) is 43.1 Å². The molecule has 0 saturated heterocycles. The van der Waals surface area contributed by atoms with Gasteiger partial charge in [0.25, 0.3) is 0 Å². The van der Waals surface area contributed by atoms with Crippen molar-refractivity contribution in [1.82, 2.24) is 25.2 Å². The molecule has 142 valence electrons. The molecule has 8 heteroatoms. The Hall–Kier alpha value is -3.13. The largest absolute Gasteiger partial charge is 0.370 e.